The molecule has 2 rings (SSSR count). The van der Waals surface area contributed by atoms with Gasteiger partial charge in [-0.25, -0.2) is 0 Å². The molecule has 86 valence electrons. The second-order valence-corrected chi connectivity index (χ2v) is 7.17. The van der Waals surface area contributed by atoms with E-state index in [4.69, 9.17) is 4.74 Å². The molecule has 1 N–H and O–H groups in total. The van der Waals surface area contributed by atoms with Crippen LogP contribution < -0.4 is 4.74 Å². The number of fused-ring (bicyclic) bond motifs is 1. The minimum atomic E-state index is -0.759. The van der Waals surface area contributed by atoms with Crippen molar-refractivity contribution in [2.45, 2.75) is 19.4 Å². The quantitative estimate of drug-likeness (QED) is 0.846. The van der Waals surface area contributed by atoms with Gasteiger partial charge in [0.05, 0.1) is 0 Å². The molecule has 0 radical (unpaired) electrons. The fraction of sp³-hybridized carbons (Fsp3) is 0.333. The third kappa shape index (κ3) is 2.07. The maximum absolute atomic E-state index is 10.1. The molecule has 0 unspecified atom stereocenters. The number of aliphatic hydroxyl groups is 1. The Morgan fingerprint density at radius 2 is 2.06 bits per heavy atom. The monoisotopic (exact) mass is 348 g/mol. The fourth-order valence-corrected chi connectivity index (χ4v) is 5.35. The molecule has 1 aromatic carbocycles. The van der Waals surface area contributed by atoms with E-state index < -0.39 is 5.60 Å². The predicted octanol–water partition coefficient (Wildman–Crippen LogP) is 2.90. The number of benzene rings is 1. The molecule has 0 atom stereocenters. The van der Waals surface area contributed by atoms with E-state index in [1.165, 1.54) is 4.26 Å². The van der Waals surface area contributed by atoms with Gasteiger partial charge in [0, 0.05) is 0 Å². The Bertz CT molecular complexity index is 526. The molecule has 0 aliphatic carbocycles. The summed E-state index contributed by atoms with van der Waals surface area (Å²) in [6.07, 6.45) is 0. The zero-order valence-corrected chi connectivity index (χ0v) is 12.7. The first-order valence-electron chi connectivity index (χ1n) is 4.92. The molecule has 0 aliphatic rings. The van der Waals surface area contributed by atoms with Crippen molar-refractivity contribution in [1.29, 1.82) is 0 Å². The molecule has 2 nitrogen and oxygen atoms in total. The van der Waals surface area contributed by atoms with Gasteiger partial charge in [-0.05, 0) is 0 Å². The van der Waals surface area contributed by atoms with Crippen molar-refractivity contribution in [2.75, 3.05) is 7.11 Å². The van der Waals surface area contributed by atoms with Gasteiger partial charge in [-0.1, -0.05) is 0 Å². The third-order valence-corrected chi connectivity index (χ3v) is 6.92. The molecule has 0 saturated carbocycles. The van der Waals surface area contributed by atoms with E-state index in [1.54, 1.807) is 7.11 Å². The van der Waals surface area contributed by atoms with Crippen molar-refractivity contribution in [3.05, 3.63) is 27.1 Å². The SMILES string of the molecule is COc1ccc2[se]c(C(C)(C)O)c(Br)c2c1. The molecular formula is C12H13BrO2Se. The molecule has 2 aromatic rings. The third-order valence-electron chi connectivity index (χ3n) is 2.39. The van der Waals surface area contributed by atoms with Crippen LogP contribution in [0.25, 0.3) is 9.65 Å². The van der Waals surface area contributed by atoms with E-state index in [1.807, 2.05) is 26.0 Å². The Kier molecular flexibility index (Phi) is 3.19. The van der Waals surface area contributed by atoms with Crippen LogP contribution >= 0.6 is 15.9 Å². The van der Waals surface area contributed by atoms with Gasteiger partial charge in [0.15, 0.2) is 0 Å². The number of hydrogen-bond acceptors (Lipinski definition) is 2. The number of rotatable bonds is 2. The molecule has 1 heterocycles. The van der Waals surface area contributed by atoms with Crippen LogP contribution in [0.5, 0.6) is 5.75 Å². The van der Waals surface area contributed by atoms with E-state index in [9.17, 15) is 5.11 Å². The van der Waals surface area contributed by atoms with E-state index in [2.05, 4.69) is 22.0 Å². The van der Waals surface area contributed by atoms with E-state index in [-0.39, 0.29) is 14.5 Å². The Morgan fingerprint density at radius 1 is 1.38 bits per heavy atom. The van der Waals surface area contributed by atoms with Crippen LogP contribution in [0.4, 0.5) is 0 Å². The maximum atomic E-state index is 10.1. The molecule has 0 aliphatic heterocycles. The van der Waals surface area contributed by atoms with Gasteiger partial charge in [0.2, 0.25) is 0 Å². The molecule has 1 aromatic heterocycles. The van der Waals surface area contributed by atoms with E-state index in [0.717, 1.165) is 20.0 Å². The molecule has 16 heavy (non-hydrogen) atoms. The Hall–Kier alpha value is -0.281. The van der Waals surface area contributed by atoms with Crippen LogP contribution in [0.3, 0.4) is 0 Å². The van der Waals surface area contributed by atoms with Gasteiger partial charge in [-0.15, -0.1) is 0 Å². The number of halogens is 1. The van der Waals surface area contributed by atoms with Crippen LogP contribution in [-0.4, -0.2) is 26.7 Å². The fourth-order valence-electron chi connectivity index (χ4n) is 1.57. The van der Waals surface area contributed by atoms with Gasteiger partial charge < -0.3 is 0 Å². The zero-order valence-electron chi connectivity index (χ0n) is 9.37. The van der Waals surface area contributed by atoms with Gasteiger partial charge in [0.1, 0.15) is 0 Å². The first kappa shape index (κ1) is 12.2. The summed E-state index contributed by atoms with van der Waals surface area (Å²) in [7, 11) is 1.66. The summed E-state index contributed by atoms with van der Waals surface area (Å²) in [5, 5.41) is 11.2. The number of hydrogen-bond donors (Lipinski definition) is 1. The van der Waals surface area contributed by atoms with Crippen LogP contribution in [0, 0.1) is 0 Å². The summed E-state index contributed by atoms with van der Waals surface area (Å²) in [6.45, 7) is 3.66. The standard InChI is InChI=1S/C12H13BrO2Se/c1-12(2,14)11-10(13)8-6-7(15-3)4-5-9(8)16-11/h4-6,14H,1-3H3. The van der Waals surface area contributed by atoms with E-state index in [0.29, 0.717) is 0 Å². The number of methoxy groups -OCH3 is 1. The summed E-state index contributed by atoms with van der Waals surface area (Å²) in [5.41, 5.74) is -0.759. The summed E-state index contributed by atoms with van der Waals surface area (Å²) < 4.78 is 8.61. The molecule has 0 saturated heterocycles. The van der Waals surface area contributed by atoms with Crippen molar-refractivity contribution >= 4 is 40.1 Å². The summed E-state index contributed by atoms with van der Waals surface area (Å²) >= 11 is 3.78. The zero-order chi connectivity index (χ0) is 11.9. The molecular weight excluding hydrogens is 335 g/mol. The van der Waals surface area contributed by atoms with Crippen molar-refractivity contribution in [3.63, 3.8) is 0 Å². The second-order valence-electron chi connectivity index (χ2n) is 4.17. The number of ether oxygens (including phenoxy) is 1. The van der Waals surface area contributed by atoms with Crippen LogP contribution in [-0.2, 0) is 5.60 Å². The normalized spacial score (nSPS) is 12.1. The van der Waals surface area contributed by atoms with Crippen LogP contribution in [0.2, 0.25) is 0 Å². The summed E-state index contributed by atoms with van der Waals surface area (Å²) in [6, 6.07) is 6.06. The predicted molar refractivity (Wildman–Crippen MR) is 70.4 cm³/mol. The second kappa shape index (κ2) is 4.19. The summed E-state index contributed by atoms with van der Waals surface area (Å²) in [5.74, 6) is 0.850. The average molecular weight is 348 g/mol. The molecule has 0 bridgehead atoms. The topological polar surface area (TPSA) is 29.5 Å². The summed E-state index contributed by atoms with van der Waals surface area (Å²) in [4.78, 5) is 0. The molecule has 4 heteroatoms. The van der Waals surface area contributed by atoms with Gasteiger partial charge >= 0.3 is 109 Å². The van der Waals surface area contributed by atoms with E-state index >= 15 is 0 Å². The van der Waals surface area contributed by atoms with Gasteiger partial charge in [-0.3, -0.25) is 0 Å². The Labute approximate surface area is 109 Å². The van der Waals surface area contributed by atoms with Gasteiger partial charge in [0.25, 0.3) is 0 Å². The molecule has 0 fully saturated rings. The van der Waals surface area contributed by atoms with Crippen molar-refractivity contribution in [3.8, 4) is 5.75 Å². The first-order chi connectivity index (χ1) is 7.43. The minimum absolute atomic E-state index is 0.193. The Morgan fingerprint density at radius 3 is 2.62 bits per heavy atom. The van der Waals surface area contributed by atoms with Crippen LogP contribution in [0.1, 0.15) is 18.3 Å². The van der Waals surface area contributed by atoms with Crippen LogP contribution in [0.15, 0.2) is 22.7 Å². The molecule has 0 amide bonds. The Balaban J connectivity index is 2.69. The van der Waals surface area contributed by atoms with Gasteiger partial charge in [-0.2, -0.15) is 0 Å². The first-order valence-corrected chi connectivity index (χ1v) is 7.43. The van der Waals surface area contributed by atoms with Crippen molar-refractivity contribution in [1.82, 2.24) is 0 Å². The van der Waals surface area contributed by atoms with Crippen molar-refractivity contribution < 1.29 is 9.84 Å². The average Bonchev–Trinajstić information content (AvgIpc) is 2.55. The molecule has 0 spiro atoms. The van der Waals surface area contributed by atoms with Crippen molar-refractivity contribution in [2.24, 2.45) is 0 Å².